The third-order valence-corrected chi connectivity index (χ3v) is 7.08. The zero-order valence-corrected chi connectivity index (χ0v) is 22.4. The van der Waals surface area contributed by atoms with Crippen LogP contribution >= 0.6 is 11.6 Å². The molecule has 1 aliphatic rings. The van der Waals surface area contributed by atoms with Crippen molar-refractivity contribution in [2.45, 2.75) is 19.4 Å². The van der Waals surface area contributed by atoms with Crippen molar-refractivity contribution in [3.63, 3.8) is 0 Å². The highest BCUT2D eigenvalue weighted by Gasteiger charge is 2.30. The number of anilines is 1. The van der Waals surface area contributed by atoms with E-state index in [9.17, 15) is 14.3 Å². The summed E-state index contributed by atoms with van der Waals surface area (Å²) < 4.78 is 36.8. The normalized spacial score (nSPS) is 15.3. The van der Waals surface area contributed by atoms with E-state index in [4.69, 9.17) is 16.3 Å². The summed E-state index contributed by atoms with van der Waals surface area (Å²) in [4.78, 5) is 29.1. The molecule has 0 radical (unpaired) electrons. The topological polar surface area (TPSA) is 91.7 Å². The highest BCUT2D eigenvalue weighted by atomic mass is 35.5. The fourth-order valence-electron chi connectivity index (χ4n) is 4.84. The number of aromatic nitrogens is 3. The SMILES string of the molecule is C=CC(=O)N1CCN(c2nc(OCCc3ccccn3)nc3c(F)c(-c4c(O)cccc4F)c(Cl)cc23)C[C@H]1C. The van der Waals surface area contributed by atoms with Crippen LogP contribution in [0.5, 0.6) is 11.8 Å². The molecular formula is C29H26ClF2N5O3. The first-order chi connectivity index (χ1) is 19.3. The molecule has 0 saturated carbocycles. The molecule has 1 fully saturated rings. The largest absolute Gasteiger partial charge is 0.507 e. The Hall–Kier alpha value is -4.31. The first-order valence-electron chi connectivity index (χ1n) is 12.7. The Balaban J connectivity index is 1.59. The fourth-order valence-corrected chi connectivity index (χ4v) is 5.13. The van der Waals surface area contributed by atoms with Gasteiger partial charge in [-0.25, -0.2) is 8.78 Å². The molecule has 1 atom stereocenters. The minimum Gasteiger partial charge on any atom is -0.507 e. The van der Waals surface area contributed by atoms with E-state index in [1.165, 1.54) is 24.3 Å². The maximum atomic E-state index is 16.2. The van der Waals surface area contributed by atoms with Gasteiger partial charge in [-0.3, -0.25) is 9.78 Å². The molecule has 2 aromatic heterocycles. The average molecular weight is 566 g/mol. The van der Waals surface area contributed by atoms with Crippen LogP contribution in [0.2, 0.25) is 5.02 Å². The summed E-state index contributed by atoms with van der Waals surface area (Å²) >= 11 is 6.51. The number of pyridine rings is 1. The molecule has 1 aliphatic heterocycles. The highest BCUT2D eigenvalue weighted by molar-refractivity contribution is 6.34. The van der Waals surface area contributed by atoms with Crippen molar-refractivity contribution in [2.24, 2.45) is 0 Å². The van der Waals surface area contributed by atoms with Crippen molar-refractivity contribution in [2.75, 3.05) is 31.1 Å². The Bertz CT molecular complexity index is 1570. The number of ether oxygens (including phenoxy) is 1. The van der Waals surface area contributed by atoms with Gasteiger partial charge in [-0.1, -0.05) is 30.3 Å². The lowest BCUT2D eigenvalue weighted by Crippen LogP contribution is -2.54. The first-order valence-corrected chi connectivity index (χ1v) is 13.0. The van der Waals surface area contributed by atoms with Crippen LogP contribution in [0.1, 0.15) is 12.6 Å². The molecule has 8 nitrogen and oxygen atoms in total. The molecule has 4 aromatic rings. The quantitative estimate of drug-likeness (QED) is 0.309. The number of aromatic hydroxyl groups is 1. The number of carbonyl (C=O) groups is 1. The van der Waals surface area contributed by atoms with E-state index in [0.717, 1.165) is 11.8 Å². The Kier molecular flexibility index (Phi) is 7.79. The van der Waals surface area contributed by atoms with E-state index in [0.29, 0.717) is 31.9 Å². The minimum absolute atomic E-state index is 0.0828. The number of carbonyl (C=O) groups excluding carboxylic acids is 1. The third-order valence-electron chi connectivity index (χ3n) is 6.78. The number of rotatable bonds is 7. The predicted molar refractivity (Wildman–Crippen MR) is 149 cm³/mol. The van der Waals surface area contributed by atoms with Crippen LogP contribution in [0.25, 0.3) is 22.0 Å². The zero-order chi connectivity index (χ0) is 28.4. The smallest absolute Gasteiger partial charge is 0.319 e. The summed E-state index contributed by atoms with van der Waals surface area (Å²) in [7, 11) is 0. The maximum Gasteiger partial charge on any atom is 0.319 e. The van der Waals surface area contributed by atoms with Crippen LogP contribution in [0.4, 0.5) is 14.6 Å². The number of hydrogen-bond donors (Lipinski definition) is 1. The number of phenols is 1. The van der Waals surface area contributed by atoms with Gasteiger partial charge in [-0.15, -0.1) is 0 Å². The van der Waals surface area contributed by atoms with E-state index < -0.39 is 17.4 Å². The lowest BCUT2D eigenvalue weighted by atomic mass is 10.0. The van der Waals surface area contributed by atoms with Crippen molar-refractivity contribution in [1.82, 2.24) is 19.9 Å². The molecule has 2 aromatic carbocycles. The highest BCUT2D eigenvalue weighted by Crippen LogP contribution is 2.42. The molecule has 40 heavy (non-hydrogen) atoms. The van der Waals surface area contributed by atoms with Gasteiger partial charge in [0.05, 0.1) is 17.2 Å². The van der Waals surface area contributed by atoms with Crippen LogP contribution < -0.4 is 9.64 Å². The van der Waals surface area contributed by atoms with E-state index in [1.807, 2.05) is 30.0 Å². The minimum atomic E-state index is -0.922. The Morgan fingerprint density at radius 1 is 1.20 bits per heavy atom. The number of fused-ring (bicyclic) bond motifs is 1. The molecule has 1 saturated heterocycles. The van der Waals surface area contributed by atoms with E-state index in [2.05, 4.69) is 21.5 Å². The summed E-state index contributed by atoms with van der Waals surface area (Å²) in [5, 5.41) is 10.5. The predicted octanol–water partition coefficient (Wildman–Crippen LogP) is 5.17. The van der Waals surface area contributed by atoms with Gasteiger partial charge in [0.1, 0.15) is 22.9 Å². The van der Waals surface area contributed by atoms with Crippen LogP contribution in [0, 0.1) is 11.6 Å². The second-order valence-electron chi connectivity index (χ2n) is 9.36. The molecule has 1 N–H and O–H groups in total. The number of amides is 1. The number of hydrogen-bond acceptors (Lipinski definition) is 7. The first kappa shape index (κ1) is 27.3. The van der Waals surface area contributed by atoms with Gasteiger partial charge in [0, 0.05) is 54.9 Å². The molecule has 0 unspecified atom stereocenters. The summed E-state index contributed by atoms with van der Waals surface area (Å²) in [6, 6.07) is 10.4. The maximum absolute atomic E-state index is 16.2. The zero-order valence-electron chi connectivity index (χ0n) is 21.6. The van der Waals surface area contributed by atoms with Crippen molar-refractivity contribution < 1.29 is 23.4 Å². The number of benzene rings is 2. The summed E-state index contributed by atoms with van der Waals surface area (Å²) in [6.07, 6.45) is 3.42. The van der Waals surface area contributed by atoms with Crippen molar-refractivity contribution in [1.29, 1.82) is 0 Å². The van der Waals surface area contributed by atoms with E-state index in [1.54, 1.807) is 11.1 Å². The standard InChI is InChI=1S/C29H26ClF2N5O3/c1-3-23(39)37-13-12-36(16-17(37)2)28-19-15-20(30)24(25-21(31)8-6-9-22(25)38)26(32)27(19)34-29(35-28)40-14-10-18-7-4-5-11-33-18/h3-9,11,15,17,38H,1,10,12-14,16H2,2H3/t17-/m1/s1. The molecule has 3 heterocycles. The molecule has 11 heteroatoms. The van der Waals surface area contributed by atoms with E-state index in [-0.39, 0.29) is 51.6 Å². The van der Waals surface area contributed by atoms with Crippen LogP contribution in [0.15, 0.2) is 61.3 Å². The summed E-state index contributed by atoms with van der Waals surface area (Å²) in [5.74, 6) is -2.03. The van der Waals surface area contributed by atoms with Crippen molar-refractivity contribution in [3.8, 4) is 22.9 Å². The number of phenolic OH excluding ortho intramolecular Hbond substituents is 1. The lowest BCUT2D eigenvalue weighted by Gasteiger charge is -2.40. The number of nitrogens with zero attached hydrogens (tertiary/aromatic N) is 5. The van der Waals surface area contributed by atoms with Crippen LogP contribution in [0.3, 0.4) is 0 Å². The lowest BCUT2D eigenvalue weighted by molar-refractivity contribution is -0.128. The molecule has 1 amide bonds. The second kappa shape index (κ2) is 11.4. The molecular weight excluding hydrogens is 540 g/mol. The monoisotopic (exact) mass is 565 g/mol. The summed E-state index contributed by atoms with van der Waals surface area (Å²) in [6.45, 7) is 6.83. The average Bonchev–Trinajstić information content (AvgIpc) is 2.94. The van der Waals surface area contributed by atoms with Gasteiger partial charge in [-0.2, -0.15) is 9.97 Å². The fraction of sp³-hybridized carbons (Fsp3) is 0.241. The summed E-state index contributed by atoms with van der Waals surface area (Å²) in [5.41, 5.74) is -0.0220. The molecule has 0 bridgehead atoms. The molecule has 206 valence electrons. The number of piperazine rings is 1. The Labute approximate surface area is 234 Å². The second-order valence-corrected chi connectivity index (χ2v) is 9.76. The van der Waals surface area contributed by atoms with Gasteiger partial charge in [0.2, 0.25) is 5.91 Å². The Morgan fingerprint density at radius 2 is 2.02 bits per heavy atom. The molecule has 0 spiro atoms. The third kappa shape index (κ3) is 5.27. The van der Waals surface area contributed by atoms with E-state index >= 15 is 4.39 Å². The Morgan fingerprint density at radius 3 is 2.73 bits per heavy atom. The van der Waals surface area contributed by atoms with Gasteiger partial charge >= 0.3 is 6.01 Å². The van der Waals surface area contributed by atoms with Crippen LogP contribution in [-0.2, 0) is 11.2 Å². The number of halogens is 3. The van der Waals surface area contributed by atoms with Gasteiger partial charge in [0.15, 0.2) is 5.82 Å². The van der Waals surface area contributed by atoms with Gasteiger partial charge in [0.25, 0.3) is 0 Å². The van der Waals surface area contributed by atoms with Gasteiger partial charge in [-0.05, 0) is 43.3 Å². The van der Waals surface area contributed by atoms with Gasteiger partial charge < -0.3 is 19.6 Å². The molecule has 0 aliphatic carbocycles. The van der Waals surface area contributed by atoms with Crippen LogP contribution in [-0.4, -0.2) is 63.1 Å². The molecule has 5 rings (SSSR count). The van der Waals surface area contributed by atoms with Crippen molar-refractivity contribution in [3.05, 3.63) is 83.7 Å². The van der Waals surface area contributed by atoms with Crippen molar-refractivity contribution >= 4 is 34.2 Å².